The Labute approximate surface area is 116 Å². The van der Waals surface area contributed by atoms with Gasteiger partial charge in [-0.15, -0.1) is 0 Å². The molecule has 0 aliphatic carbocycles. The van der Waals surface area contributed by atoms with E-state index in [2.05, 4.69) is 0 Å². The third-order valence-electron chi connectivity index (χ3n) is 3.97. The summed E-state index contributed by atoms with van der Waals surface area (Å²) < 4.78 is 16.4. The third-order valence-corrected chi connectivity index (χ3v) is 3.97. The van der Waals surface area contributed by atoms with Crippen LogP contribution in [0, 0.1) is 5.92 Å². The second kappa shape index (κ2) is 5.21. The molecule has 0 aromatic heterocycles. The molecule has 0 unspecified atom stereocenters. The van der Waals surface area contributed by atoms with Gasteiger partial charge in [-0.05, 0) is 30.2 Å². The number of benzene rings is 1. The van der Waals surface area contributed by atoms with E-state index in [0.29, 0.717) is 17.9 Å². The maximum absolute atomic E-state index is 10.2. The smallest absolute Gasteiger partial charge is 0.206 e. The topological polar surface area (TPSA) is 88.4 Å². The van der Waals surface area contributed by atoms with Crippen LogP contribution in [-0.2, 0) is 11.2 Å². The van der Waals surface area contributed by atoms with E-state index in [1.54, 1.807) is 19.2 Å². The quantitative estimate of drug-likeness (QED) is 0.689. The molecule has 3 rings (SSSR count). The van der Waals surface area contributed by atoms with Crippen LogP contribution in [0.25, 0.3) is 0 Å². The normalized spacial score (nSPS) is 35.7. The Balaban J connectivity index is 1.88. The van der Waals surface area contributed by atoms with Crippen LogP contribution in [0.3, 0.4) is 0 Å². The molecule has 3 N–H and O–H groups in total. The summed E-state index contributed by atoms with van der Waals surface area (Å²) in [5, 5.41) is 29.2. The van der Waals surface area contributed by atoms with Gasteiger partial charge in [0.05, 0.1) is 25.7 Å². The van der Waals surface area contributed by atoms with Gasteiger partial charge in [0.2, 0.25) is 6.29 Å². The first-order chi connectivity index (χ1) is 9.63. The molecule has 5 atom stereocenters. The van der Waals surface area contributed by atoms with Gasteiger partial charge in [0, 0.05) is 0 Å². The van der Waals surface area contributed by atoms with Crippen molar-refractivity contribution in [1.82, 2.24) is 0 Å². The maximum atomic E-state index is 10.2. The molecular formula is C14H18O6. The summed E-state index contributed by atoms with van der Waals surface area (Å²) in [4.78, 5) is 0. The van der Waals surface area contributed by atoms with Crippen LogP contribution in [0.15, 0.2) is 18.2 Å². The fraction of sp³-hybridized carbons (Fsp3) is 0.571. The molecule has 0 bridgehead atoms. The molecule has 20 heavy (non-hydrogen) atoms. The molecule has 6 nitrogen and oxygen atoms in total. The molecule has 1 fully saturated rings. The maximum Gasteiger partial charge on any atom is 0.206 e. The lowest BCUT2D eigenvalue weighted by Gasteiger charge is -2.44. The minimum atomic E-state index is -1.11. The van der Waals surface area contributed by atoms with E-state index in [-0.39, 0.29) is 12.5 Å². The molecule has 110 valence electrons. The Hall–Kier alpha value is -1.34. The predicted molar refractivity (Wildman–Crippen MR) is 68.6 cm³/mol. The highest BCUT2D eigenvalue weighted by molar-refractivity contribution is 5.42. The van der Waals surface area contributed by atoms with Crippen LogP contribution in [0.5, 0.6) is 11.5 Å². The zero-order chi connectivity index (χ0) is 14.3. The summed E-state index contributed by atoms with van der Waals surface area (Å²) in [5.74, 6) is 1.02. The molecule has 1 aromatic carbocycles. The highest BCUT2D eigenvalue weighted by Gasteiger charge is 2.47. The summed E-state index contributed by atoms with van der Waals surface area (Å²) in [6.07, 6.45) is -3.08. The average molecular weight is 282 g/mol. The summed E-state index contributed by atoms with van der Waals surface area (Å²) >= 11 is 0. The summed E-state index contributed by atoms with van der Waals surface area (Å²) in [5.41, 5.74) is 0.905. The minimum Gasteiger partial charge on any atom is -0.497 e. The van der Waals surface area contributed by atoms with E-state index < -0.39 is 24.6 Å². The van der Waals surface area contributed by atoms with E-state index in [1.807, 2.05) is 6.07 Å². The van der Waals surface area contributed by atoms with Crippen LogP contribution < -0.4 is 9.47 Å². The van der Waals surface area contributed by atoms with E-state index in [9.17, 15) is 10.2 Å². The number of fused-ring (bicyclic) bond motifs is 2. The molecule has 1 aromatic rings. The molecular weight excluding hydrogens is 264 g/mol. The van der Waals surface area contributed by atoms with E-state index in [0.717, 1.165) is 5.56 Å². The number of hydrogen-bond donors (Lipinski definition) is 3. The van der Waals surface area contributed by atoms with Crippen molar-refractivity contribution in [3.05, 3.63) is 23.8 Å². The van der Waals surface area contributed by atoms with Gasteiger partial charge >= 0.3 is 0 Å². The molecule has 0 amide bonds. The highest BCUT2D eigenvalue weighted by atomic mass is 16.7. The standard InChI is InChI=1S/C14H18O6/c1-18-8-2-3-10-7(4-8)5-9-12(16)13(17)11(6-15)20-14(9)19-10/h2-4,9,11-17H,5-6H2,1H3/t9-,11-,12-,13+,14+/m1/s1. The number of hydrogen-bond acceptors (Lipinski definition) is 6. The SMILES string of the molecule is COc1ccc2c(c1)C[C@H]1[C@@H](O2)O[C@H](CO)[C@H](O)[C@@H]1O. The third kappa shape index (κ3) is 2.14. The van der Waals surface area contributed by atoms with Crippen molar-refractivity contribution in [3.63, 3.8) is 0 Å². The van der Waals surface area contributed by atoms with Crippen molar-refractivity contribution in [2.45, 2.75) is 31.0 Å². The Bertz CT molecular complexity index is 491. The predicted octanol–water partition coefficient (Wildman–Crippen LogP) is -0.315. The van der Waals surface area contributed by atoms with Gasteiger partial charge in [-0.25, -0.2) is 0 Å². The van der Waals surface area contributed by atoms with Crippen LogP contribution in [0.1, 0.15) is 5.56 Å². The van der Waals surface area contributed by atoms with Crippen molar-refractivity contribution in [2.24, 2.45) is 5.92 Å². The number of aliphatic hydroxyl groups excluding tert-OH is 3. The first-order valence-electron chi connectivity index (χ1n) is 6.60. The van der Waals surface area contributed by atoms with Crippen LogP contribution in [0.2, 0.25) is 0 Å². The molecule has 0 saturated carbocycles. The second-order valence-electron chi connectivity index (χ2n) is 5.17. The lowest BCUT2D eigenvalue weighted by atomic mass is 9.84. The van der Waals surface area contributed by atoms with Crippen molar-refractivity contribution in [1.29, 1.82) is 0 Å². The van der Waals surface area contributed by atoms with E-state index in [4.69, 9.17) is 19.3 Å². The van der Waals surface area contributed by atoms with Crippen LogP contribution in [0.4, 0.5) is 0 Å². The van der Waals surface area contributed by atoms with Gasteiger partial charge in [-0.2, -0.15) is 0 Å². The zero-order valence-corrected chi connectivity index (χ0v) is 11.1. The summed E-state index contributed by atoms with van der Waals surface area (Å²) in [6, 6.07) is 5.43. The molecule has 2 aliphatic heterocycles. The van der Waals surface area contributed by atoms with Gasteiger partial charge in [-0.3, -0.25) is 0 Å². The first kappa shape index (κ1) is 13.6. The molecule has 1 saturated heterocycles. The first-order valence-corrected chi connectivity index (χ1v) is 6.60. The summed E-state index contributed by atoms with van der Waals surface area (Å²) in [7, 11) is 1.59. The van der Waals surface area contributed by atoms with Crippen molar-refractivity contribution < 1.29 is 29.5 Å². The Kier molecular flexibility index (Phi) is 3.55. The Morgan fingerprint density at radius 3 is 2.80 bits per heavy atom. The number of ether oxygens (including phenoxy) is 3. The second-order valence-corrected chi connectivity index (χ2v) is 5.17. The number of rotatable bonds is 2. The fourth-order valence-electron chi connectivity index (χ4n) is 2.81. The molecule has 6 heteroatoms. The van der Waals surface area contributed by atoms with Crippen LogP contribution in [-0.4, -0.2) is 53.6 Å². The minimum absolute atomic E-state index is 0.361. The largest absolute Gasteiger partial charge is 0.497 e. The van der Waals surface area contributed by atoms with E-state index >= 15 is 0 Å². The number of methoxy groups -OCH3 is 1. The monoisotopic (exact) mass is 282 g/mol. The van der Waals surface area contributed by atoms with Gasteiger partial charge < -0.3 is 29.5 Å². The highest BCUT2D eigenvalue weighted by Crippen LogP contribution is 2.39. The van der Waals surface area contributed by atoms with E-state index in [1.165, 1.54) is 0 Å². The molecule has 0 radical (unpaired) electrons. The van der Waals surface area contributed by atoms with Crippen LogP contribution >= 0.6 is 0 Å². The van der Waals surface area contributed by atoms with Crippen molar-refractivity contribution in [2.75, 3.05) is 13.7 Å². The van der Waals surface area contributed by atoms with Gasteiger partial charge in [0.15, 0.2) is 0 Å². The van der Waals surface area contributed by atoms with Gasteiger partial charge in [0.1, 0.15) is 23.7 Å². The average Bonchev–Trinajstić information content (AvgIpc) is 2.48. The fourth-order valence-corrected chi connectivity index (χ4v) is 2.81. The summed E-state index contributed by atoms with van der Waals surface area (Å²) in [6.45, 7) is -0.361. The van der Waals surface area contributed by atoms with Crippen molar-refractivity contribution in [3.8, 4) is 11.5 Å². The van der Waals surface area contributed by atoms with Crippen molar-refractivity contribution >= 4 is 0 Å². The molecule has 2 aliphatic rings. The lowest BCUT2D eigenvalue weighted by Crippen LogP contribution is -2.58. The molecule has 0 spiro atoms. The lowest BCUT2D eigenvalue weighted by molar-refractivity contribution is -0.264. The Morgan fingerprint density at radius 1 is 1.30 bits per heavy atom. The molecule has 2 heterocycles. The van der Waals surface area contributed by atoms with Gasteiger partial charge in [-0.1, -0.05) is 0 Å². The Morgan fingerprint density at radius 2 is 2.10 bits per heavy atom. The zero-order valence-electron chi connectivity index (χ0n) is 11.1. The van der Waals surface area contributed by atoms with Gasteiger partial charge in [0.25, 0.3) is 0 Å². The number of aliphatic hydroxyl groups is 3.